The lowest BCUT2D eigenvalue weighted by Gasteiger charge is -2.10. The van der Waals surface area contributed by atoms with Crippen LogP contribution in [0, 0.1) is 6.92 Å². The Labute approximate surface area is 161 Å². The molecule has 0 unspecified atom stereocenters. The molecule has 0 bridgehead atoms. The van der Waals surface area contributed by atoms with Crippen LogP contribution in [0.25, 0.3) is 11.0 Å². The molecule has 0 radical (unpaired) electrons. The molecule has 2 aromatic carbocycles. The van der Waals surface area contributed by atoms with Crippen LogP contribution in [-0.2, 0) is 6.54 Å². The Morgan fingerprint density at radius 1 is 1.04 bits per heavy atom. The van der Waals surface area contributed by atoms with Crippen molar-refractivity contribution in [1.82, 2.24) is 14.5 Å². The molecule has 4 aromatic rings. The molecule has 28 heavy (non-hydrogen) atoms. The van der Waals surface area contributed by atoms with Crippen LogP contribution >= 0.6 is 0 Å². The fourth-order valence-corrected chi connectivity index (χ4v) is 3.13. The zero-order valence-corrected chi connectivity index (χ0v) is 15.3. The van der Waals surface area contributed by atoms with Crippen molar-refractivity contribution in [2.45, 2.75) is 13.5 Å². The van der Waals surface area contributed by atoms with Gasteiger partial charge < -0.3 is 10.3 Å². The van der Waals surface area contributed by atoms with Crippen LogP contribution < -0.4 is 5.73 Å². The van der Waals surface area contributed by atoms with E-state index < -0.39 is 5.91 Å². The molecular formula is C22H18N4O2. The molecule has 6 nitrogen and oxygen atoms in total. The second-order valence-electron chi connectivity index (χ2n) is 6.62. The fourth-order valence-electron chi connectivity index (χ4n) is 3.13. The van der Waals surface area contributed by atoms with Gasteiger partial charge in [-0.15, -0.1) is 0 Å². The first-order valence-corrected chi connectivity index (χ1v) is 8.84. The van der Waals surface area contributed by atoms with E-state index in [-0.39, 0.29) is 5.78 Å². The van der Waals surface area contributed by atoms with Crippen LogP contribution in [-0.4, -0.2) is 26.2 Å². The van der Waals surface area contributed by atoms with Crippen LogP contribution in [0.1, 0.15) is 37.7 Å². The monoisotopic (exact) mass is 370 g/mol. The van der Waals surface area contributed by atoms with Crippen LogP contribution in [0.15, 0.2) is 67.0 Å². The number of aromatic nitrogens is 3. The SMILES string of the molecule is Cc1ccc(C(=O)c2cccn2Cc2cnc3cccc(C(N)=O)c3n2)cc1. The highest BCUT2D eigenvalue weighted by Crippen LogP contribution is 2.17. The van der Waals surface area contributed by atoms with Gasteiger partial charge in [-0.1, -0.05) is 35.9 Å². The number of amides is 1. The minimum Gasteiger partial charge on any atom is -0.366 e. The number of rotatable bonds is 5. The predicted molar refractivity (Wildman–Crippen MR) is 106 cm³/mol. The van der Waals surface area contributed by atoms with Gasteiger partial charge in [-0.2, -0.15) is 0 Å². The van der Waals surface area contributed by atoms with Crippen molar-refractivity contribution in [3.05, 3.63) is 95.1 Å². The summed E-state index contributed by atoms with van der Waals surface area (Å²) in [6.07, 6.45) is 3.47. The highest BCUT2D eigenvalue weighted by molar-refractivity contribution is 6.08. The lowest BCUT2D eigenvalue weighted by atomic mass is 10.1. The molecule has 0 spiro atoms. The second-order valence-corrected chi connectivity index (χ2v) is 6.62. The summed E-state index contributed by atoms with van der Waals surface area (Å²) >= 11 is 0. The van der Waals surface area contributed by atoms with E-state index in [1.807, 2.05) is 48.0 Å². The van der Waals surface area contributed by atoms with Crippen LogP contribution in [0.3, 0.4) is 0 Å². The first-order chi connectivity index (χ1) is 13.5. The maximum atomic E-state index is 12.9. The van der Waals surface area contributed by atoms with Crippen molar-refractivity contribution in [3.63, 3.8) is 0 Å². The van der Waals surface area contributed by atoms with Crippen LogP contribution in [0.4, 0.5) is 0 Å². The number of hydrogen-bond acceptors (Lipinski definition) is 4. The summed E-state index contributed by atoms with van der Waals surface area (Å²) in [5, 5.41) is 0. The van der Waals surface area contributed by atoms with Gasteiger partial charge in [0.15, 0.2) is 0 Å². The number of carbonyl (C=O) groups excluding carboxylic acids is 2. The van der Waals surface area contributed by atoms with Gasteiger partial charge >= 0.3 is 0 Å². The van der Waals surface area contributed by atoms with E-state index >= 15 is 0 Å². The third-order valence-corrected chi connectivity index (χ3v) is 4.60. The lowest BCUT2D eigenvalue weighted by molar-refractivity contribution is 0.0999. The smallest absolute Gasteiger partial charge is 0.250 e. The quantitative estimate of drug-likeness (QED) is 0.547. The molecule has 0 saturated carbocycles. The number of benzene rings is 2. The molecule has 0 aliphatic carbocycles. The predicted octanol–water partition coefficient (Wildman–Crippen LogP) is 3.12. The zero-order valence-electron chi connectivity index (χ0n) is 15.3. The topological polar surface area (TPSA) is 90.9 Å². The normalized spacial score (nSPS) is 10.9. The first kappa shape index (κ1) is 17.6. The molecule has 6 heteroatoms. The fraction of sp³-hybridized carbons (Fsp3) is 0.0909. The molecule has 0 fully saturated rings. The summed E-state index contributed by atoms with van der Waals surface area (Å²) < 4.78 is 1.82. The average Bonchev–Trinajstić information content (AvgIpc) is 3.15. The van der Waals surface area contributed by atoms with Crippen LogP contribution in [0.5, 0.6) is 0 Å². The van der Waals surface area contributed by atoms with Crippen molar-refractivity contribution in [2.75, 3.05) is 0 Å². The minimum atomic E-state index is -0.548. The van der Waals surface area contributed by atoms with Crippen molar-refractivity contribution in [3.8, 4) is 0 Å². The summed E-state index contributed by atoms with van der Waals surface area (Å²) in [5.74, 6) is -0.607. The standard InChI is InChI=1S/C22H18N4O2/c1-14-7-9-15(10-8-14)21(27)19-6-3-11-26(19)13-16-12-24-18-5-2-4-17(22(23)28)20(18)25-16/h2-12H,13H2,1H3,(H2,23,28). The van der Waals surface area contributed by atoms with Crippen molar-refractivity contribution in [1.29, 1.82) is 0 Å². The van der Waals surface area contributed by atoms with Gasteiger partial charge in [0.1, 0.15) is 5.52 Å². The number of ketones is 1. The van der Waals surface area contributed by atoms with Crippen LogP contribution in [0.2, 0.25) is 0 Å². The maximum Gasteiger partial charge on any atom is 0.250 e. The molecule has 0 aliphatic rings. The van der Waals surface area contributed by atoms with Crippen molar-refractivity contribution in [2.24, 2.45) is 5.73 Å². The molecule has 0 saturated heterocycles. The number of aryl methyl sites for hydroxylation is 1. The van der Waals surface area contributed by atoms with E-state index in [4.69, 9.17) is 5.73 Å². The van der Waals surface area contributed by atoms with Gasteiger partial charge in [-0.3, -0.25) is 14.6 Å². The molecule has 4 rings (SSSR count). The maximum absolute atomic E-state index is 12.9. The number of carbonyl (C=O) groups is 2. The lowest BCUT2D eigenvalue weighted by Crippen LogP contribution is -2.14. The highest BCUT2D eigenvalue weighted by Gasteiger charge is 2.15. The Bertz CT molecular complexity index is 1190. The van der Waals surface area contributed by atoms with E-state index in [0.29, 0.717) is 40.1 Å². The number of nitrogens with two attached hydrogens (primary N) is 1. The second kappa shape index (κ2) is 7.08. The Kier molecular flexibility index (Phi) is 4.45. The van der Waals surface area contributed by atoms with Gasteiger partial charge in [-0.05, 0) is 31.2 Å². The summed E-state index contributed by atoms with van der Waals surface area (Å²) in [6, 6.07) is 16.2. The summed E-state index contributed by atoms with van der Waals surface area (Å²) in [6.45, 7) is 2.34. The number of hydrogen-bond donors (Lipinski definition) is 1. The van der Waals surface area contributed by atoms with Gasteiger partial charge in [0, 0.05) is 11.8 Å². The van der Waals surface area contributed by atoms with Gasteiger partial charge in [0.05, 0.1) is 35.2 Å². The number of primary amides is 1. The number of fused-ring (bicyclic) bond motifs is 1. The van der Waals surface area contributed by atoms with Gasteiger partial charge in [-0.25, -0.2) is 4.98 Å². The molecular weight excluding hydrogens is 352 g/mol. The summed E-state index contributed by atoms with van der Waals surface area (Å²) in [4.78, 5) is 33.5. The van der Waals surface area contributed by atoms with E-state index in [1.54, 1.807) is 30.5 Å². The molecule has 0 aliphatic heterocycles. The molecule has 2 N–H and O–H groups in total. The van der Waals surface area contributed by atoms with Gasteiger partial charge in [0.2, 0.25) is 5.78 Å². The van der Waals surface area contributed by atoms with E-state index in [9.17, 15) is 9.59 Å². The first-order valence-electron chi connectivity index (χ1n) is 8.84. The Morgan fingerprint density at radius 2 is 1.82 bits per heavy atom. The number of nitrogens with zero attached hydrogens (tertiary/aromatic N) is 3. The molecule has 2 aromatic heterocycles. The molecule has 1 amide bonds. The number of para-hydroxylation sites is 1. The zero-order chi connectivity index (χ0) is 19.7. The Morgan fingerprint density at radius 3 is 2.57 bits per heavy atom. The molecule has 0 atom stereocenters. The van der Waals surface area contributed by atoms with E-state index in [1.165, 1.54) is 0 Å². The average molecular weight is 370 g/mol. The van der Waals surface area contributed by atoms with E-state index in [2.05, 4.69) is 9.97 Å². The summed E-state index contributed by atoms with van der Waals surface area (Å²) in [7, 11) is 0. The molecule has 2 heterocycles. The van der Waals surface area contributed by atoms with E-state index in [0.717, 1.165) is 5.56 Å². The largest absolute Gasteiger partial charge is 0.366 e. The van der Waals surface area contributed by atoms with Crippen molar-refractivity contribution >= 4 is 22.7 Å². The van der Waals surface area contributed by atoms with Gasteiger partial charge in [0.25, 0.3) is 5.91 Å². The van der Waals surface area contributed by atoms with Crippen molar-refractivity contribution < 1.29 is 9.59 Å². The minimum absolute atomic E-state index is 0.0587. The summed E-state index contributed by atoms with van der Waals surface area (Å²) in [5.41, 5.74) is 9.77. The highest BCUT2D eigenvalue weighted by atomic mass is 16.1. The molecule has 138 valence electrons. The third kappa shape index (κ3) is 3.27. The Hall–Kier alpha value is -3.80. The Balaban J connectivity index is 1.68. The third-order valence-electron chi connectivity index (χ3n) is 4.60.